The molecule has 34 heavy (non-hydrogen) atoms. The van der Waals surface area contributed by atoms with Crippen LogP contribution in [0.15, 0.2) is 58.2 Å². The predicted octanol–water partition coefficient (Wildman–Crippen LogP) is 3.97. The molecule has 0 saturated heterocycles. The average Bonchev–Trinajstić information content (AvgIpc) is 3.51. The minimum atomic E-state index is -0.728. The van der Waals surface area contributed by atoms with Gasteiger partial charge in [0, 0.05) is 35.9 Å². The van der Waals surface area contributed by atoms with Crippen molar-refractivity contribution >= 4 is 11.6 Å². The molecule has 1 aromatic carbocycles. The van der Waals surface area contributed by atoms with E-state index < -0.39 is 17.4 Å². The fourth-order valence-electron chi connectivity index (χ4n) is 3.75. The molecule has 1 saturated carbocycles. The molecule has 5 rings (SSSR count). The molecule has 4 aromatic rings. The molecule has 1 aliphatic rings. The Labute approximate surface area is 192 Å². The van der Waals surface area contributed by atoms with Gasteiger partial charge >= 0.3 is 0 Å². The van der Waals surface area contributed by atoms with E-state index in [0.717, 1.165) is 25.0 Å². The van der Waals surface area contributed by atoms with Crippen LogP contribution in [0.2, 0.25) is 0 Å². The van der Waals surface area contributed by atoms with Gasteiger partial charge in [-0.3, -0.25) is 9.59 Å². The molecule has 0 aliphatic heterocycles. The zero-order chi connectivity index (χ0) is 23.8. The molecule has 3 heterocycles. The molecule has 0 unspecified atom stereocenters. The maximum Gasteiger partial charge on any atom is 0.250 e. The average molecular weight is 463 g/mol. The highest BCUT2D eigenvalue weighted by atomic mass is 19.1. The number of Topliss-reactive ketones (excluding diaryl/α,β-unsaturated/α-hetero) is 1. The summed E-state index contributed by atoms with van der Waals surface area (Å²) in [6, 6.07) is 6.65. The first kappa shape index (κ1) is 21.6. The molecule has 172 valence electrons. The molecule has 0 bridgehead atoms. The van der Waals surface area contributed by atoms with Crippen LogP contribution < -0.4 is 11.3 Å². The maximum atomic E-state index is 14.0. The Morgan fingerprint density at radius 3 is 2.56 bits per heavy atom. The smallest absolute Gasteiger partial charge is 0.250 e. The van der Waals surface area contributed by atoms with Crippen molar-refractivity contribution in [2.45, 2.75) is 31.7 Å². The van der Waals surface area contributed by atoms with Gasteiger partial charge in [0.05, 0.1) is 6.20 Å². The molecule has 0 radical (unpaired) electrons. The van der Waals surface area contributed by atoms with Gasteiger partial charge in [-0.15, -0.1) is 0 Å². The highest BCUT2D eigenvalue weighted by Crippen LogP contribution is 2.35. The Kier molecular flexibility index (Phi) is 5.48. The number of benzene rings is 1. The van der Waals surface area contributed by atoms with Crippen LogP contribution in [0.25, 0.3) is 22.8 Å². The lowest BCUT2D eigenvalue weighted by molar-refractivity contribution is 0.0978. The van der Waals surface area contributed by atoms with Gasteiger partial charge in [0.2, 0.25) is 5.89 Å². The first-order valence-corrected chi connectivity index (χ1v) is 10.7. The summed E-state index contributed by atoms with van der Waals surface area (Å²) in [6.07, 6.45) is 5.88. The Balaban J connectivity index is 1.55. The second kappa shape index (κ2) is 8.62. The number of hydrogen-bond donors (Lipinski definition) is 1. The van der Waals surface area contributed by atoms with Crippen molar-refractivity contribution in [1.82, 2.24) is 19.5 Å². The number of pyridine rings is 1. The summed E-state index contributed by atoms with van der Waals surface area (Å²) in [7, 11) is 0. The lowest BCUT2D eigenvalue weighted by Crippen LogP contribution is -2.18. The number of ketones is 1. The molecule has 3 aromatic heterocycles. The largest absolute Gasteiger partial charge is 0.443 e. The zero-order valence-electron chi connectivity index (χ0n) is 17.9. The van der Waals surface area contributed by atoms with Gasteiger partial charge in [-0.2, -0.15) is 0 Å². The van der Waals surface area contributed by atoms with Crippen molar-refractivity contribution in [3.8, 4) is 22.8 Å². The van der Waals surface area contributed by atoms with Crippen molar-refractivity contribution in [3.63, 3.8) is 0 Å². The first-order valence-electron chi connectivity index (χ1n) is 10.7. The van der Waals surface area contributed by atoms with E-state index in [0.29, 0.717) is 5.56 Å². The number of hydrogen-bond acceptors (Lipinski definition) is 7. The number of oxazole rings is 1. The van der Waals surface area contributed by atoms with E-state index in [1.165, 1.54) is 24.6 Å². The van der Waals surface area contributed by atoms with E-state index in [4.69, 9.17) is 10.2 Å². The lowest BCUT2D eigenvalue weighted by Gasteiger charge is -2.12. The second-order valence-electron chi connectivity index (χ2n) is 8.01. The monoisotopic (exact) mass is 463 g/mol. The summed E-state index contributed by atoms with van der Waals surface area (Å²) in [5.41, 5.74) is 6.58. The molecule has 0 spiro atoms. The number of carbonyl (C=O) groups excluding carboxylic acids is 1. The molecular formula is C24H19F2N5O3. The van der Waals surface area contributed by atoms with Crippen LogP contribution in [0.4, 0.5) is 14.6 Å². The van der Waals surface area contributed by atoms with Crippen LogP contribution in [0, 0.1) is 11.6 Å². The summed E-state index contributed by atoms with van der Waals surface area (Å²) < 4.78 is 34.9. The summed E-state index contributed by atoms with van der Waals surface area (Å²) in [5, 5.41) is 0. The highest BCUT2D eigenvalue weighted by Gasteiger charge is 2.26. The van der Waals surface area contributed by atoms with Crippen molar-refractivity contribution in [2.24, 2.45) is 0 Å². The Morgan fingerprint density at radius 2 is 1.88 bits per heavy atom. The SMILES string of the molecule is Nc1nc(-c2ncco2)c(-c2ccc(=O)n(C3CC3)c2)nc1C(=O)CCc1c(F)cccc1F. The Hall–Kier alpha value is -4.21. The molecule has 8 nitrogen and oxygen atoms in total. The van der Waals surface area contributed by atoms with E-state index in [9.17, 15) is 18.4 Å². The Morgan fingerprint density at radius 1 is 1.12 bits per heavy atom. The third kappa shape index (κ3) is 4.09. The van der Waals surface area contributed by atoms with Crippen LogP contribution in [0.5, 0.6) is 0 Å². The van der Waals surface area contributed by atoms with E-state index in [1.807, 2.05) is 0 Å². The summed E-state index contributed by atoms with van der Waals surface area (Å²) in [6.45, 7) is 0. The fraction of sp³-hybridized carbons (Fsp3) is 0.208. The van der Waals surface area contributed by atoms with Crippen LogP contribution in [-0.2, 0) is 6.42 Å². The summed E-state index contributed by atoms with van der Waals surface area (Å²) in [4.78, 5) is 38.1. The zero-order valence-corrected chi connectivity index (χ0v) is 17.9. The number of halogens is 2. The van der Waals surface area contributed by atoms with E-state index in [2.05, 4.69) is 15.0 Å². The van der Waals surface area contributed by atoms with Gasteiger partial charge in [0.1, 0.15) is 29.3 Å². The van der Waals surface area contributed by atoms with Gasteiger partial charge in [-0.1, -0.05) is 6.07 Å². The fourth-order valence-corrected chi connectivity index (χ4v) is 3.75. The number of nitrogen functional groups attached to an aromatic ring is 1. The van der Waals surface area contributed by atoms with Gasteiger partial charge in [0.15, 0.2) is 17.3 Å². The van der Waals surface area contributed by atoms with E-state index in [1.54, 1.807) is 16.8 Å². The molecule has 0 amide bonds. The van der Waals surface area contributed by atoms with Crippen molar-refractivity contribution < 1.29 is 18.0 Å². The molecule has 2 N–H and O–H groups in total. The van der Waals surface area contributed by atoms with Crippen LogP contribution >= 0.6 is 0 Å². The number of nitrogens with two attached hydrogens (primary N) is 1. The molecular weight excluding hydrogens is 444 g/mol. The predicted molar refractivity (Wildman–Crippen MR) is 119 cm³/mol. The number of aromatic nitrogens is 4. The number of anilines is 1. The second-order valence-corrected chi connectivity index (χ2v) is 8.01. The standard InChI is InChI=1S/C24H19F2N5O3/c25-16-2-1-3-17(26)15(16)7-8-18(32)21-23(27)30-22(24-28-10-11-34-24)20(29-21)13-4-9-19(33)31(12-13)14-5-6-14/h1-4,9-12,14H,5-8H2,(H2,27,30). The topological polar surface area (TPSA) is 117 Å². The van der Waals surface area contributed by atoms with Gasteiger partial charge in [-0.05, 0) is 37.5 Å². The molecule has 10 heteroatoms. The molecule has 1 fully saturated rings. The third-order valence-corrected chi connectivity index (χ3v) is 5.64. The van der Waals surface area contributed by atoms with E-state index >= 15 is 0 Å². The summed E-state index contributed by atoms with van der Waals surface area (Å²) >= 11 is 0. The van der Waals surface area contributed by atoms with Gasteiger partial charge < -0.3 is 14.7 Å². The van der Waals surface area contributed by atoms with Gasteiger partial charge in [0.25, 0.3) is 5.56 Å². The third-order valence-electron chi connectivity index (χ3n) is 5.64. The lowest BCUT2D eigenvalue weighted by atomic mass is 10.0. The Bertz CT molecular complexity index is 1430. The number of carbonyl (C=O) groups is 1. The minimum absolute atomic E-state index is 0.121. The quantitative estimate of drug-likeness (QED) is 0.412. The van der Waals surface area contributed by atoms with Gasteiger partial charge in [-0.25, -0.2) is 23.7 Å². The van der Waals surface area contributed by atoms with Crippen LogP contribution in [0.3, 0.4) is 0 Å². The first-order chi connectivity index (χ1) is 16.4. The number of rotatable bonds is 7. The highest BCUT2D eigenvalue weighted by molar-refractivity contribution is 5.99. The van der Waals surface area contributed by atoms with Crippen molar-refractivity contribution in [2.75, 3.05) is 5.73 Å². The minimum Gasteiger partial charge on any atom is -0.443 e. The van der Waals surface area contributed by atoms with Crippen molar-refractivity contribution in [3.05, 3.63) is 82.2 Å². The molecule has 1 aliphatic carbocycles. The molecule has 0 atom stereocenters. The van der Waals surface area contributed by atoms with Crippen LogP contribution in [-0.4, -0.2) is 25.3 Å². The summed E-state index contributed by atoms with van der Waals surface area (Å²) in [5.74, 6) is -2.00. The van der Waals surface area contributed by atoms with Crippen LogP contribution in [0.1, 0.15) is 41.4 Å². The number of nitrogens with zero attached hydrogens (tertiary/aromatic N) is 4. The van der Waals surface area contributed by atoms with E-state index in [-0.39, 0.29) is 58.8 Å². The normalized spacial score (nSPS) is 13.2. The van der Waals surface area contributed by atoms with Crippen molar-refractivity contribution in [1.29, 1.82) is 0 Å². The maximum absolute atomic E-state index is 14.0.